The summed E-state index contributed by atoms with van der Waals surface area (Å²) in [6.45, 7) is 28.8. The van der Waals surface area contributed by atoms with Crippen LogP contribution in [0.15, 0.2) is 225 Å². The summed E-state index contributed by atoms with van der Waals surface area (Å²) in [5.74, 6) is 5.04. The predicted octanol–water partition coefficient (Wildman–Crippen LogP) is 20.8. The number of aliphatic carboxylic acids is 1. The summed E-state index contributed by atoms with van der Waals surface area (Å²) in [6, 6.07) is 57.8. The number of halogens is 4. The van der Waals surface area contributed by atoms with Crippen LogP contribution in [0.25, 0.3) is 76.7 Å². The minimum Gasteiger partial charge on any atom is -0.497 e. The van der Waals surface area contributed by atoms with E-state index in [1.807, 2.05) is 206 Å². The molecule has 33 nitrogen and oxygen atoms in total. The Balaban J connectivity index is 0.000000181. The molecule has 10 N–H and O–H groups in total. The molecule has 37 heteroatoms. The largest absolute Gasteiger partial charge is 0.497 e. The Labute approximate surface area is 860 Å². The molecule has 0 unspecified atom stereocenters. The summed E-state index contributed by atoms with van der Waals surface area (Å²) in [6.07, 6.45) is 8.87. The third-order valence-corrected chi connectivity index (χ3v) is 24.0. The van der Waals surface area contributed by atoms with Crippen LogP contribution in [0.5, 0.6) is 23.0 Å². The number of imidazole rings is 3. The Bertz CT molecular complexity index is 6880. The van der Waals surface area contributed by atoms with Crippen LogP contribution in [0.3, 0.4) is 0 Å². The molecule has 0 radical (unpaired) electrons. The molecule has 0 aliphatic rings. The Morgan fingerprint density at radius 2 is 0.824 bits per heavy atom. The van der Waals surface area contributed by atoms with Crippen molar-refractivity contribution in [3.8, 4) is 23.0 Å². The summed E-state index contributed by atoms with van der Waals surface area (Å²) in [7, 11) is 8.56. The van der Waals surface area contributed by atoms with Crippen molar-refractivity contribution in [2.45, 2.75) is 147 Å². The lowest BCUT2D eigenvalue weighted by atomic mass is 10.1. The highest BCUT2D eigenvalue weighted by Gasteiger charge is 2.28. The zero-order valence-corrected chi connectivity index (χ0v) is 89.5. The van der Waals surface area contributed by atoms with E-state index in [1.165, 1.54) is 0 Å². The normalized spacial score (nSPS) is 11.0. The van der Waals surface area contributed by atoms with E-state index in [2.05, 4.69) is 142 Å². The molecule has 0 aliphatic carbocycles. The van der Waals surface area contributed by atoms with Crippen molar-refractivity contribution < 1.29 is 57.5 Å². The number of likely N-dealkylation sites (N-methyl/N-ethyl adjacent to an activating group) is 1. The van der Waals surface area contributed by atoms with Crippen molar-refractivity contribution in [3.05, 3.63) is 265 Å². The number of hydrogen-bond acceptors (Lipinski definition) is 24. The van der Waals surface area contributed by atoms with Crippen LogP contribution in [-0.4, -0.2) is 206 Å². The molecule has 142 heavy (non-hydrogen) atoms. The molecule has 8 aromatic heterocycles. The number of benzene rings is 8. The number of anilines is 3. The number of carboxylic acid groups (broad SMARTS) is 1. The average molecular weight is 2190 g/mol. The van der Waals surface area contributed by atoms with Gasteiger partial charge in [0, 0.05) is 118 Å². The quantitative estimate of drug-likeness (QED) is 0.0224. The van der Waals surface area contributed by atoms with Crippen LogP contribution in [0.2, 0.25) is 0 Å². The molecule has 0 bridgehead atoms. The SMILES string of the molecule is CCN(CC(=O)O)C(=O)OC(C)(C)C.CCN(Cc1nc2c(N)nc3cc(Br)ccc3c2n1Cc1ccc(OC)cc1)C(C)=O.CCN(Cc1nc2cnc3cc(Br)ccc3c2n1Cc1ccc(OC)cc1)C(=O)OC(C)(C)C.CCN(Cc1nc2cnc3cc(Br)ccc3c2n1Cc1ccc(OC)cc1)C(C)=O.CNCCCN.COc1ccc(CNc2c(N)cnc3cc(Br)ccc23)cc1.c1cn[nH]c1. The van der Waals surface area contributed by atoms with Crippen LogP contribution in [0.4, 0.5) is 26.8 Å². The molecule has 8 heterocycles. The number of rotatable bonds is 28. The van der Waals surface area contributed by atoms with Crippen LogP contribution in [0.1, 0.15) is 129 Å². The number of nitrogen functional groups attached to an aromatic ring is 2. The maximum atomic E-state index is 12.8. The fourth-order valence-electron chi connectivity index (χ4n) is 14.9. The number of carbonyl (C=O) groups is 5. The first kappa shape index (κ1) is 110. The van der Waals surface area contributed by atoms with Crippen LogP contribution < -0.4 is 46.8 Å². The highest BCUT2D eigenvalue weighted by molar-refractivity contribution is 9.11. The molecule has 8 aromatic carbocycles. The van der Waals surface area contributed by atoms with Gasteiger partial charge in [-0.3, -0.25) is 39.3 Å². The van der Waals surface area contributed by atoms with E-state index < -0.39 is 23.3 Å². The van der Waals surface area contributed by atoms with Crippen molar-refractivity contribution in [3.63, 3.8) is 0 Å². The van der Waals surface area contributed by atoms with E-state index in [9.17, 15) is 24.0 Å². The lowest BCUT2D eigenvalue weighted by molar-refractivity contribution is -0.138. The van der Waals surface area contributed by atoms with Crippen molar-refractivity contribution in [2.75, 3.05) is 98.1 Å². The van der Waals surface area contributed by atoms with Gasteiger partial charge in [0.05, 0.1) is 117 Å². The molecule has 0 saturated heterocycles. The van der Waals surface area contributed by atoms with Crippen LogP contribution >= 0.6 is 63.7 Å². The number of methoxy groups -OCH3 is 4. The topological polar surface area (TPSA) is 410 Å². The molecule has 750 valence electrons. The number of nitrogens with one attached hydrogen (secondary N) is 3. The molecule has 0 fully saturated rings. The second-order valence-corrected chi connectivity index (χ2v) is 38.1. The predicted molar refractivity (Wildman–Crippen MR) is 576 cm³/mol. The molecule has 0 aliphatic heterocycles. The van der Waals surface area contributed by atoms with E-state index in [4.69, 9.17) is 65.7 Å². The van der Waals surface area contributed by atoms with Crippen molar-refractivity contribution in [1.82, 2.24) is 83.7 Å². The van der Waals surface area contributed by atoms with Crippen LogP contribution in [-0.2, 0) is 69.7 Å². The third kappa shape index (κ3) is 31.2. The van der Waals surface area contributed by atoms with Gasteiger partial charge in [0.15, 0.2) is 5.82 Å². The molecular formula is C105H125Br4N21O12. The van der Waals surface area contributed by atoms with Gasteiger partial charge in [-0.25, -0.2) is 29.5 Å². The first-order chi connectivity index (χ1) is 67.9. The second-order valence-electron chi connectivity index (χ2n) is 34.5. The first-order valence-corrected chi connectivity index (χ1v) is 49.3. The number of H-pyrrole nitrogens is 1. The highest BCUT2D eigenvalue weighted by Crippen LogP contribution is 2.36. The standard InChI is InChI=1S/C26H29BrN4O3.C23H24BrN5O2.C23H23BrN4O2.C17H16BrN3O.C9H17NO4.C4H12N2.C3H4N2/c1-6-30(25(32)34-26(2,3)4)16-23-29-22-14-28-21-13-18(27)9-12-20(21)24(22)31(23)15-17-7-10-19(33-5)11-8-17;1-4-28(14(2)30)13-20-27-21-22(18-10-7-16(24)11-19(18)26-23(21)25)29(20)12-15-5-8-17(31-3)9-6-15;1-4-27(15(2)29)14-22-26-21-12-25-20-11-17(24)7-10-19(20)23(21)28(22)13-16-5-8-18(30-3)9-6-16;1-22-13-5-2-11(3-6-13)9-21-17-14-7-4-12(18)8-16(14)20-10-15(17)19;1-5-10(6-7(11)12)8(13)14-9(2,3)4;1-6-4-2-3-5;1-2-4-5-3-1/h7-14H,6,15-16H2,1-5H3;5-11H,4,12-13H2,1-3H3,(H2,25,26);5-12H,4,13-14H2,1-3H3;2-8,10H,9,19H2,1H3,(H,20,21);5-6H2,1-4H3,(H,11,12);6H,2-5H2,1H3;1-3H,(H,4,5). The van der Waals surface area contributed by atoms with Gasteiger partial charge < -0.3 is 89.8 Å². The van der Waals surface area contributed by atoms with Gasteiger partial charge in [-0.2, -0.15) is 5.10 Å². The van der Waals surface area contributed by atoms with E-state index in [1.54, 1.807) is 109 Å². The van der Waals surface area contributed by atoms with Gasteiger partial charge >= 0.3 is 18.2 Å². The lowest BCUT2D eigenvalue weighted by Crippen LogP contribution is -2.39. The van der Waals surface area contributed by atoms with Gasteiger partial charge in [-0.05, 0) is 245 Å². The monoisotopic (exact) mass is 2190 g/mol. The number of ether oxygens (including phenoxy) is 6. The number of hydrogen-bond donors (Lipinski definition) is 7. The third-order valence-electron chi connectivity index (χ3n) is 22.0. The zero-order valence-electron chi connectivity index (χ0n) is 83.1. The van der Waals surface area contributed by atoms with E-state index >= 15 is 0 Å². The Hall–Kier alpha value is -13.6. The molecule has 0 spiro atoms. The van der Waals surface area contributed by atoms with Crippen molar-refractivity contribution in [2.24, 2.45) is 5.73 Å². The number of amides is 4. The molecule has 16 aromatic rings. The van der Waals surface area contributed by atoms with Gasteiger partial charge in [0.1, 0.15) is 74.8 Å². The zero-order chi connectivity index (χ0) is 103. The summed E-state index contributed by atoms with van der Waals surface area (Å²) < 4.78 is 42.1. The van der Waals surface area contributed by atoms with Gasteiger partial charge in [0.2, 0.25) is 11.8 Å². The van der Waals surface area contributed by atoms with E-state index in [0.717, 1.165) is 182 Å². The molecule has 16 rings (SSSR count). The summed E-state index contributed by atoms with van der Waals surface area (Å²) in [4.78, 5) is 97.8. The molecule has 0 saturated carbocycles. The number of aromatic nitrogens is 12. The van der Waals surface area contributed by atoms with Crippen molar-refractivity contribution >= 4 is 188 Å². The maximum Gasteiger partial charge on any atom is 0.410 e. The number of aromatic amines is 1. The number of pyridine rings is 4. The van der Waals surface area contributed by atoms with Gasteiger partial charge in [-0.1, -0.05) is 112 Å². The van der Waals surface area contributed by atoms with Crippen LogP contribution in [0, 0.1) is 0 Å². The summed E-state index contributed by atoms with van der Waals surface area (Å²) >= 11 is 14.0. The summed E-state index contributed by atoms with van der Waals surface area (Å²) in [5, 5.41) is 25.1. The van der Waals surface area contributed by atoms with E-state index in [0.29, 0.717) is 89.0 Å². The van der Waals surface area contributed by atoms with Gasteiger partial charge in [-0.15, -0.1) is 0 Å². The first-order valence-electron chi connectivity index (χ1n) is 46.1. The number of nitrogens with zero attached hydrogens (tertiary/aromatic N) is 15. The second kappa shape index (κ2) is 52.8. The fourth-order valence-corrected chi connectivity index (χ4v) is 16.3. The van der Waals surface area contributed by atoms with Crippen molar-refractivity contribution in [1.29, 1.82) is 0 Å². The number of nitrogens with two attached hydrogens (primary N) is 3. The Morgan fingerprint density at radius 1 is 0.458 bits per heavy atom. The highest BCUT2D eigenvalue weighted by atomic mass is 79.9. The minimum absolute atomic E-state index is 0.00504. The smallest absolute Gasteiger partial charge is 0.410 e. The minimum atomic E-state index is -1.04. The number of fused-ring (bicyclic) bond motifs is 10. The fraction of sp³-hybridized carbons (Fsp3) is 0.324. The number of carbonyl (C=O) groups excluding carboxylic acids is 4. The molecular weight excluding hydrogens is 2070 g/mol. The lowest BCUT2D eigenvalue weighted by Gasteiger charge is -2.26. The average Bonchev–Trinajstić information content (AvgIpc) is 1.60. The van der Waals surface area contributed by atoms with Gasteiger partial charge in [0.25, 0.3) is 0 Å². The Morgan fingerprint density at radius 3 is 1.18 bits per heavy atom. The molecule has 4 amide bonds. The van der Waals surface area contributed by atoms with E-state index in [-0.39, 0.29) is 24.5 Å². The Kier molecular flexibility index (Phi) is 41.0. The summed E-state index contributed by atoms with van der Waals surface area (Å²) in [5.41, 5.74) is 31.1. The maximum absolute atomic E-state index is 12.8. The molecule has 0 atom stereocenters. The number of carboxylic acids is 1.